The molecule has 0 bridgehead atoms. The summed E-state index contributed by atoms with van der Waals surface area (Å²) in [6.07, 6.45) is 2.80. The number of ether oxygens (including phenoxy) is 3. The van der Waals surface area contributed by atoms with E-state index in [4.69, 9.17) is 19.3 Å². The van der Waals surface area contributed by atoms with E-state index in [0.717, 1.165) is 44.5 Å². The van der Waals surface area contributed by atoms with Crippen LogP contribution in [0.1, 0.15) is 11.3 Å². The summed E-state index contributed by atoms with van der Waals surface area (Å²) in [7, 11) is 4.45. The number of aliphatic hydroxyl groups excluding tert-OH is 1. The van der Waals surface area contributed by atoms with Gasteiger partial charge in [0.1, 0.15) is 6.61 Å². The minimum absolute atomic E-state index is 0.147. The van der Waals surface area contributed by atoms with Crippen molar-refractivity contribution in [2.24, 2.45) is 7.05 Å². The number of rotatable bonds is 11. The number of halogens is 2. The molecule has 0 saturated carbocycles. The molecule has 13 heteroatoms. The Bertz CT molecular complexity index is 1160. The second-order valence-corrected chi connectivity index (χ2v) is 8.53. The van der Waals surface area contributed by atoms with Gasteiger partial charge in [0, 0.05) is 58.4 Å². The number of hydrogen-bond donors (Lipinski definition) is 2. The largest absolute Gasteiger partial charge is 0.494 e. The topological polar surface area (TPSA) is 110 Å². The van der Waals surface area contributed by atoms with Crippen LogP contribution in [0.2, 0.25) is 0 Å². The molecule has 37 heavy (non-hydrogen) atoms. The second-order valence-electron chi connectivity index (χ2n) is 8.53. The van der Waals surface area contributed by atoms with Crippen LogP contribution < -0.4 is 19.5 Å². The first-order chi connectivity index (χ1) is 17.9. The van der Waals surface area contributed by atoms with Gasteiger partial charge in [-0.25, -0.2) is 18.7 Å². The molecule has 0 amide bonds. The number of aromatic nitrogens is 4. The maximum absolute atomic E-state index is 14.5. The molecule has 1 aliphatic heterocycles. The molecule has 11 nitrogen and oxygen atoms in total. The molecule has 0 unspecified atom stereocenters. The standard InChI is InChI=1S/C24H31F2N7O4/c1-31-16(14-33-6-4-32(5-7-33)8-9-34)10-21(30-31)29-24-27-12-17(13-28-24)37-15-18-22(25)19(35-2)11-20(36-3)23(18)26/h10-13,34H,4-9,14-15H2,1-3H3,(H,27,28,29,30). The van der Waals surface area contributed by atoms with Gasteiger partial charge in [0.05, 0.1) is 44.5 Å². The minimum atomic E-state index is -0.863. The number of aliphatic hydroxyl groups is 1. The molecule has 1 aromatic carbocycles. The Balaban J connectivity index is 1.34. The summed E-state index contributed by atoms with van der Waals surface area (Å²) in [5, 5.41) is 16.6. The summed E-state index contributed by atoms with van der Waals surface area (Å²) in [6, 6.07) is 3.08. The molecule has 3 heterocycles. The van der Waals surface area contributed by atoms with Crippen LogP contribution in [0, 0.1) is 11.6 Å². The third-order valence-corrected chi connectivity index (χ3v) is 6.16. The number of aryl methyl sites for hydroxylation is 1. The lowest BCUT2D eigenvalue weighted by Gasteiger charge is -2.34. The Morgan fingerprint density at radius 3 is 2.19 bits per heavy atom. The summed E-state index contributed by atoms with van der Waals surface area (Å²) in [4.78, 5) is 13.0. The van der Waals surface area contributed by atoms with E-state index in [1.807, 2.05) is 17.8 Å². The highest BCUT2D eigenvalue weighted by atomic mass is 19.1. The van der Waals surface area contributed by atoms with Crippen LogP contribution in [0.25, 0.3) is 0 Å². The van der Waals surface area contributed by atoms with Crippen molar-refractivity contribution in [1.29, 1.82) is 0 Å². The normalized spacial score (nSPS) is 14.5. The predicted molar refractivity (Wildman–Crippen MR) is 131 cm³/mol. The molecule has 3 aromatic rings. The van der Waals surface area contributed by atoms with Gasteiger partial charge in [0.2, 0.25) is 5.95 Å². The molecule has 0 aliphatic carbocycles. The SMILES string of the molecule is COc1cc(OC)c(F)c(COc2cnc(Nc3cc(CN4CCN(CCO)CC4)n(C)n3)nc2)c1F. The van der Waals surface area contributed by atoms with Crippen molar-refractivity contribution in [2.45, 2.75) is 13.2 Å². The zero-order valence-corrected chi connectivity index (χ0v) is 21.1. The van der Waals surface area contributed by atoms with E-state index < -0.39 is 18.2 Å². The molecule has 0 spiro atoms. The van der Waals surface area contributed by atoms with Crippen molar-refractivity contribution >= 4 is 11.8 Å². The monoisotopic (exact) mass is 519 g/mol. The third-order valence-electron chi connectivity index (χ3n) is 6.16. The molecule has 0 atom stereocenters. The van der Waals surface area contributed by atoms with Crippen molar-refractivity contribution in [3.8, 4) is 17.2 Å². The molecule has 4 rings (SSSR count). The van der Waals surface area contributed by atoms with E-state index in [1.54, 1.807) is 0 Å². The Labute approximate surface area is 213 Å². The fraction of sp³-hybridized carbons (Fsp3) is 0.458. The minimum Gasteiger partial charge on any atom is -0.494 e. The van der Waals surface area contributed by atoms with Gasteiger partial charge in [-0.15, -0.1) is 0 Å². The third kappa shape index (κ3) is 6.42. The van der Waals surface area contributed by atoms with Crippen molar-refractivity contribution in [3.63, 3.8) is 0 Å². The number of methoxy groups -OCH3 is 2. The Hall–Kier alpha value is -3.55. The fourth-order valence-corrected chi connectivity index (χ4v) is 4.05. The lowest BCUT2D eigenvalue weighted by Crippen LogP contribution is -2.46. The highest BCUT2D eigenvalue weighted by molar-refractivity contribution is 5.48. The number of hydrogen-bond acceptors (Lipinski definition) is 10. The van der Waals surface area contributed by atoms with E-state index in [0.29, 0.717) is 18.3 Å². The quantitative estimate of drug-likeness (QED) is 0.390. The predicted octanol–water partition coefficient (Wildman–Crippen LogP) is 1.94. The average Bonchev–Trinajstić information content (AvgIpc) is 3.24. The molecule has 2 N–H and O–H groups in total. The van der Waals surface area contributed by atoms with E-state index in [9.17, 15) is 8.78 Å². The first-order valence-corrected chi connectivity index (χ1v) is 11.8. The molecule has 1 aliphatic rings. The number of piperazine rings is 1. The van der Waals surface area contributed by atoms with Gasteiger partial charge >= 0.3 is 0 Å². The van der Waals surface area contributed by atoms with Gasteiger partial charge in [-0.1, -0.05) is 0 Å². The maximum Gasteiger partial charge on any atom is 0.228 e. The van der Waals surface area contributed by atoms with Crippen LogP contribution in [0.5, 0.6) is 17.2 Å². The van der Waals surface area contributed by atoms with E-state index in [-0.39, 0.29) is 29.4 Å². The summed E-state index contributed by atoms with van der Waals surface area (Å²) in [6.45, 7) is 4.95. The van der Waals surface area contributed by atoms with Crippen LogP contribution in [0.4, 0.5) is 20.5 Å². The highest BCUT2D eigenvalue weighted by Crippen LogP contribution is 2.32. The highest BCUT2D eigenvalue weighted by Gasteiger charge is 2.21. The molecule has 1 fully saturated rings. The summed E-state index contributed by atoms with van der Waals surface area (Å²) < 4.78 is 46.2. The maximum atomic E-state index is 14.5. The van der Waals surface area contributed by atoms with Crippen LogP contribution >= 0.6 is 0 Å². The van der Waals surface area contributed by atoms with Gasteiger partial charge in [0.15, 0.2) is 34.7 Å². The average molecular weight is 520 g/mol. The van der Waals surface area contributed by atoms with Crippen LogP contribution in [-0.2, 0) is 20.2 Å². The number of benzene rings is 1. The first kappa shape index (κ1) is 26.5. The van der Waals surface area contributed by atoms with E-state index in [1.165, 1.54) is 26.6 Å². The molecule has 1 saturated heterocycles. The summed E-state index contributed by atoms with van der Waals surface area (Å²) in [5.41, 5.74) is 0.713. The zero-order chi connectivity index (χ0) is 26.4. The first-order valence-electron chi connectivity index (χ1n) is 11.8. The van der Waals surface area contributed by atoms with Crippen LogP contribution in [0.15, 0.2) is 24.5 Å². The summed E-state index contributed by atoms with van der Waals surface area (Å²) in [5.74, 6) is -0.894. The van der Waals surface area contributed by atoms with Crippen LogP contribution in [-0.4, -0.2) is 88.2 Å². The number of nitrogens with one attached hydrogen (secondary N) is 1. The van der Waals surface area contributed by atoms with Gasteiger partial charge in [0.25, 0.3) is 0 Å². The second kappa shape index (κ2) is 12.1. The number of nitrogens with zero attached hydrogens (tertiary/aromatic N) is 6. The lowest BCUT2D eigenvalue weighted by molar-refractivity contribution is 0.107. The van der Waals surface area contributed by atoms with Crippen LogP contribution in [0.3, 0.4) is 0 Å². The zero-order valence-electron chi connectivity index (χ0n) is 21.1. The van der Waals surface area contributed by atoms with E-state index >= 15 is 0 Å². The van der Waals surface area contributed by atoms with Crippen molar-refractivity contribution in [1.82, 2.24) is 29.5 Å². The Kier molecular flexibility index (Phi) is 8.69. The number of β-amino-alcohol motifs (C(OH)–C–C–N with tert-alkyl or cyclic N) is 1. The molecular formula is C24H31F2N7O4. The van der Waals surface area contributed by atoms with Gasteiger partial charge in [-0.3, -0.25) is 14.5 Å². The summed E-state index contributed by atoms with van der Waals surface area (Å²) >= 11 is 0. The number of anilines is 2. The fourth-order valence-electron chi connectivity index (χ4n) is 4.05. The van der Waals surface area contributed by atoms with Gasteiger partial charge in [-0.2, -0.15) is 5.10 Å². The van der Waals surface area contributed by atoms with E-state index in [2.05, 4.69) is 30.2 Å². The molecule has 2 aromatic heterocycles. The van der Waals surface area contributed by atoms with Gasteiger partial charge < -0.3 is 24.6 Å². The molecule has 0 radical (unpaired) electrons. The van der Waals surface area contributed by atoms with Crippen molar-refractivity contribution in [3.05, 3.63) is 47.4 Å². The Morgan fingerprint density at radius 2 is 1.59 bits per heavy atom. The van der Waals surface area contributed by atoms with Crippen molar-refractivity contribution < 1.29 is 28.1 Å². The molecule has 200 valence electrons. The lowest BCUT2D eigenvalue weighted by atomic mass is 10.1. The molecular weight excluding hydrogens is 488 g/mol. The van der Waals surface area contributed by atoms with Gasteiger partial charge in [-0.05, 0) is 0 Å². The smallest absolute Gasteiger partial charge is 0.228 e. The van der Waals surface area contributed by atoms with Crippen molar-refractivity contribution in [2.75, 3.05) is 58.9 Å². The Morgan fingerprint density at radius 1 is 0.973 bits per heavy atom.